The number of benzene rings is 1. The van der Waals surface area contributed by atoms with Gasteiger partial charge in [0.1, 0.15) is 0 Å². The van der Waals surface area contributed by atoms with Crippen molar-refractivity contribution >= 4 is 5.96 Å². The van der Waals surface area contributed by atoms with E-state index in [1.165, 1.54) is 0 Å². The third-order valence-corrected chi connectivity index (χ3v) is 4.28. The number of nitrogens with zero attached hydrogens (tertiary/aromatic N) is 2. The summed E-state index contributed by atoms with van der Waals surface area (Å²) in [5.74, 6) is 1.58. The second-order valence-electron chi connectivity index (χ2n) is 6.28. The highest BCUT2D eigenvalue weighted by molar-refractivity contribution is 5.79. The van der Waals surface area contributed by atoms with Crippen molar-refractivity contribution in [3.8, 4) is 11.5 Å². The summed E-state index contributed by atoms with van der Waals surface area (Å²) in [6.07, 6.45) is 1.16. The first kappa shape index (κ1) is 20.2. The highest BCUT2D eigenvalue weighted by atomic mass is 19.3. The lowest BCUT2D eigenvalue weighted by Gasteiger charge is -2.18. The Morgan fingerprint density at radius 1 is 1.38 bits per heavy atom. The molecule has 0 bridgehead atoms. The van der Waals surface area contributed by atoms with Gasteiger partial charge < -0.3 is 25.0 Å². The van der Waals surface area contributed by atoms with Gasteiger partial charge in [-0.1, -0.05) is 12.1 Å². The summed E-state index contributed by atoms with van der Waals surface area (Å²) in [6, 6.07) is 5.10. The van der Waals surface area contributed by atoms with Gasteiger partial charge in [0, 0.05) is 32.2 Å². The number of halogens is 2. The minimum absolute atomic E-state index is 0.0599. The maximum absolute atomic E-state index is 12.8. The minimum Gasteiger partial charge on any atom is -0.490 e. The van der Waals surface area contributed by atoms with Crippen molar-refractivity contribution in [2.24, 2.45) is 10.9 Å². The van der Waals surface area contributed by atoms with E-state index in [9.17, 15) is 8.78 Å². The Hall–Kier alpha value is -2.09. The monoisotopic (exact) mass is 370 g/mol. The van der Waals surface area contributed by atoms with Crippen LogP contribution < -0.4 is 20.1 Å². The molecule has 26 heavy (non-hydrogen) atoms. The summed E-state index contributed by atoms with van der Waals surface area (Å²) in [5, 5.41) is 6.44. The van der Waals surface area contributed by atoms with E-state index in [4.69, 9.17) is 4.74 Å². The molecular formula is C18H28F2N4O2. The normalized spacial score (nSPS) is 18.2. The largest absolute Gasteiger partial charge is 0.490 e. The van der Waals surface area contributed by atoms with Crippen molar-refractivity contribution in [3.63, 3.8) is 0 Å². The number of para-hydroxylation sites is 1. The molecule has 0 spiro atoms. The maximum Gasteiger partial charge on any atom is 0.387 e. The average molecular weight is 370 g/mol. The molecule has 1 atom stereocenters. The number of nitrogens with one attached hydrogen (secondary N) is 2. The number of guanidine groups is 1. The fourth-order valence-electron chi connectivity index (χ4n) is 3.03. The lowest BCUT2D eigenvalue weighted by Crippen LogP contribution is -2.39. The zero-order valence-electron chi connectivity index (χ0n) is 15.6. The van der Waals surface area contributed by atoms with Crippen molar-refractivity contribution in [1.82, 2.24) is 15.5 Å². The van der Waals surface area contributed by atoms with Crippen LogP contribution in [0.25, 0.3) is 0 Å². The quantitative estimate of drug-likeness (QED) is 0.543. The van der Waals surface area contributed by atoms with Gasteiger partial charge in [-0.3, -0.25) is 4.99 Å². The SMILES string of the molecule is CCOc1cccc(CNC(=NC)NCC2CCN(C)C2)c1OC(F)F. The lowest BCUT2D eigenvalue weighted by molar-refractivity contribution is -0.0520. The van der Waals surface area contributed by atoms with Crippen LogP contribution in [0.5, 0.6) is 11.5 Å². The molecule has 0 aromatic heterocycles. The van der Waals surface area contributed by atoms with Crippen molar-refractivity contribution in [2.45, 2.75) is 26.5 Å². The third-order valence-electron chi connectivity index (χ3n) is 4.28. The van der Waals surface area contributed by atoms with Gasteiger partial charge in [-0.05, 0) is 38.9 Å². The Kier molecular flexibility index (Phi) is 7.90. The Morgan fingerprint density at radius 3 is 2.81 bits per heavy atom. The van der Waals surface area contributed by atoms with E-state index in [2.05, 4.69) is 32.3 Å². The van der Waals surface area contributed by atoms with Gasteiger partial charge >= 0.3 is 6.61 Å². The molecule has 1 fully saturated rings. The van der Waals surface area contributed by atoms with Crippen molar-refractivity contribution in [3.05, 3.63) is 23.8 Å². The zero-order chi connectivity index (χ0) is 18.9. The molecule has 1 heterocycles. The van der Waals surface area contributed by atoms with Crippen molar-refractivity contribution in [1.29, 1.82) is 0 Å². The van der Waals surface area contributed by atoms with Crippen LogP contribution in [0.3, 0.4) is 0 Å². The Bertz CT molecular complexity index is 599. The van der Waals surface area contributed by atoms with Crippen LogP contribution in [-0.4, -0.2) is 57.8 Å². The van der Waals surface area contributed by atoms with Crippen molar-refractivity contribution < 1.29 is 18.3 Å². The van der Waals surface area contributed by atoms with Gasteiger partial charge in [-0.2, -0.15) is 8.78 Å². The summed E-state index contributed by atoms with van der Waals surface area (Å²) in [6.45, 7) is 2.55. The second kappa shape index (κ2) is 10.2. The fraction of sp³-hybridized carbons (Fsp3) is 0.611. The van der Waals surface area contributed by atoms with Crippen LogP contribution in [0, 0.1) is 5.92 Å². The van der Waals surface area contributed by atoms with E-state index in [1.54, 1.807) is 32.2 Å². The lowest BCUT2D eigenvalue weighted by atomic mass is 10.1. The molecule has 0 saturated carbocycles. The molecule has 1 saturated heterocycles. The summed E-state index contributed by atoms with van der Waals surface area (Å²) in [7, 11) is 3.80. The first-order chi connectivity index (χ1) is 12.5. The Morgan fingerprint density at radius 2 is 2.19 bits per heavy atom. The molecule has 0 aliphatic carbocycles. The van der Waals surface area contributed by atoms with E-state index in [0.717, 1.165) is 26.1 Å². The molecule has 6 nitrogen and oxygen atoms in total. The summed E-state index contributed by atoms with van der Waals surface area (Å²) in [4.78, 5) is 6.49. The first-order valence-electron chi connectivity index (χ1n) is 8.86. The number of hydrogen-bond acceptors (Lipinski definition) is 4. The van der Waals surface area contributed by atoms with E-state index in [0.29, 0.717) is 36.3 Å². The van der Waals surface area contributed by atoms with E-state index in [-0.39, 0.29) is 5.75 Å². The molecule has 2 rings (SSSR count). The predicted molar refractivity (Wildman–Crippen MR) is 98.0 cm³/mol. The highest BCUT2D eigenvalue weighted by Crippen LogP contribution is 2.32. The van der Waals surface area contributed by atoms with Gasteiger partial charge in [0.15, 0.2) is 17.5 Å². The van der Waals surface area contributed by atoms with Crippen LogP contribution in [0.2, 0.25) is 0 Å². The molecule has 1 unspecified atom stereocenters. The maximum atomic E-state index is 12.8. The molecule has 2 N–H and O–H groups in total. The molecule has 0 amide bonds. The van der Waals surface area contributed by atoms with Crippen LogP contribution >= 0.6 is 0 Å². The van der Waals surface area contributed by atoms with Crippen LogP contribution in [0.15, 0.2) is 23.2 Å². The number of likely N-dealkylation sites (tertiary alicyclic amines) is 1. The zero-order valence-corrected chi connectivity index (χ0v) is 15.6. The number of hydrogen-bond donors (Lipinski definition) is 2. The van der Waals surface area contributed by atoms with Gasteiger partial charge in [0.2, 0.25) is 0 Å². The summed E-state index contributed by atoms with van der Waals surface area (Å²) >= 11 is 0. The summed E-state index contributed by atoms with van der Waals surface area (Å²) in [5.41, 5.74) is 0.583. The Labute approximate surface area is 153 Å². The van der Waals surface area contributed by atoms with Crippen LogP contribution in [0.1, 0.15) is 18.9 Å². The van der Waals surface area contributed by atoms with Crippen LogP contribution in [0.4, 0.5) is 8.78 Å². The molecule has 8 heteroatoms. The molecule has 0 radical (unpaired) electrons. The van der Waals surface area contributed by atoms with Crippen molar-refractivity contribution in [2.75, 3.05) is 40.3 Å². The highest BCUT2D eigenvalue weighted by Gasteiger charge is 2.20. The molecule has 1 aromatic rings. The first-order valence-corrected chi connectivity index (χ1v) is 8.86. The van der Waals surface area contributed by atoms with E-state index in [1.807, 2.05) is 0 Å². The van der Waals surface area contributed by atoms with Gasteiger partial charge in [-0.25, -0.2) is 0 Å². The van der Waals surface area contributed by atoms with E-state index >= 15 is 0 Å². The average Bonchev–Trinajstić information content (AvgIpc) is 3.02. The van der Waals surface area contributed by atoms with E-state index < -0.39 is 6.61 Å². The second-order valence-corrected chi connectivity index (χ2v) is 6.28. The minimum atomic E-state index is -2.91. The number of rotatable bonds is 8. The smallest absolute Gasteiger partial charge is 0.387 e. The van der Waals surface area contributed by atoms with Gasteiger partial charge in [-0.15, -0.1) is 0 Å². The molecule has 146 valence electrons. The summed E-state index contributed by atoms with van der Waals surface area (Å²) < 4.78 is 35.6. The third kappa shape index (κ3) is 6.01. The molecule has 1 aliphatic heterocycles. The fourth-order valence-corrected chi connectivity index (χ4v) is 3.03. The topological polar surface area (TPSA) is 58.1 Å². The Balaban J connectivity index is 1.96. The van der Waals surface area contributed by atoms with Gasteiger partial charge in [0.05, 0.1) is 6.61 Å². The predicted octanol–water partition coefficient (Wildman–Crippen LogP) is 2.30. The molecular weight excluding hydrogens is 342 g/mol. The molecule has 1 aromatic carbocycles. The molecule has 1 aliphatic rings. The van der Waals surface area contributed by atoms with Crippen LogP contribution in [-0.2, 0) is 6.54 Å². The standard InChI is InChI=1S/C18H28F2N4O2/c1-4-25-15-7-5-6-14(16(15)26-17(19)20)11-23-18(21-2)22-10-13-8-9-24(3)12-13/h5-7,13,17H,4,8-12H2,1-3H3,(H2,21,22,23). The number of ether oxygens (including phenoxy) is 2. The number of alkyl halides is 2. The number of aliphatic imine (C=N–C) groups is 1. The van der Waals surface area contributed by atoms with Gasteiger partial charge in [0.25, 0.3) is 0 Å².